The molecule has 1 unspecified atom stereocenters. The smallest absolute Gasteiger partial charge is 0.389 e. The third kappa shape index (κ3) is 8.18. The Morgan fingerprint density at radius 3 is 2.36 bits per heavy atom. The van der Waals surface area contributed by atoms with Crippen molar-refractivity contribution in [3.05, 3.63) is 83.4 Å². The quantitative estimate of drug-likeness (QED) is 0.152. The lowest BCUT2D eigenvalue weighted by molar-refractivity contribution is -0.136. The van der Waals surface area contributed by atoms with Crippen LogP contribution in [0.4, 0.5) is 13.2 Å². The van der Waals surface area contributed by atoms with Crippen LogP contribution in [0.1, 0.15) is 61.6 Å². The van der Waals surface area contributed by atoms with E-state index in [0.29, 0.717) is 57.1 Å². The van der Waals surface area contributed by atoms with Crippen molar-refractivity contribution in [2.45, 2.75) is 56.5 Å². The van der Waals surface area contributed by atoms with E-state index in [1.807, 2.05) is 42.5 Å². The zero-order valence-corrected chi connectivity index (χ0v) is 23.6. The number of carbonyl (C=O) groups excluding carboxylic acids is 1. The van der Waals surface area contributed by atoms with E-state index in [9.17, 15) is 28.2 Å². The van der Waals surface area contributed by atoms with E-state index in [0.717, 1.165) is 16.7 Å². The van der Waals surface area contributed by atoms with Crippen LogP contribution in [0.25, 0.3) is 0 Å². The molecule has 0 amide bonds. The van der Waals surface area contributed by atoms with Crippen molar-refractivity contribution in [1.82, 2.24) is 0 Å². The molecule has 1 aliphatic rings. The van der Waals surface area contributed by atoms with Crippen LogP contribution in [-0.2, 0) is 14.9 Å². The first-order chi connectivity index (χ1) is 20.1. The van der Waals surface area contributed by atoms with Crippen LogP contribution >= 0.6 is 0 Å². The van der Waals surface area contributed by atoms with E-state index < -0.39 is 23.9 Å². The standard InChI is InChI=1S/C33H37F3O6/c1-32(25-7-9-26(38)10-8-25)22-42-30-20-27(39)11-14-29(30)31(32)24-5-12-28(13-6-24)41-18-3-17-40-19-15-23(21-37)4-2-16-33(34,35)36/h5-14,20-21,23,31,38-39H,2-4,15-19,22H2,1H3/t23-,31?,32+/m0/s1. The Labute approximate surface area is 244 Å². The molecule has 0 saturated carbocycles. The van der Waals surface area contributed by atoms with Crippen LogP contribution in [0.15, 0.2) is 66.7 Å². The molecule has 0 aliphatic carbocycles. The molecule has 42 heavy (non-hydrogen) atoms. The van der Waals surface area contributed by atoms with Gasteiger partial charge in [0, 0.05) is 54.9 Å². The number of fused-ring (bicyclic) bond motifs is 1. The Morgan fingerprint density at radius 2 is 1.67 bits per heavy atom. The number of hydrogen-bond acceptors (Lipinski definition) is 6. The van der Waals surface area contributed by atoms with Gasteiger partial charge < -0.3 is 29.2 Å². The van der Waals surface area contributed by atoms with Gasteiger partial charge in [0.25, 0.3) is 0 Å². The van der Waals surface area contributed by atoms with Crippen molar-refractivity contribution in [1.29, 1.82) is 0 Å². The molecule has 0 bridgehead atoms. The highest BCUT2D eigenvalue weighted by Gasteiger charge is 2.43. The third-order valence-electron chi connectivity index (χ3n) is 7.78. The van der Waals surface area contributed by atoms with Crippen LogP contribution in [0.5, 0.6) is 23.0 Å². The highest BCUT2D eigenvalue weighted by atomic mass is 19.4. The minimum absolute atomic E-state index is 0.0553. The number of ether oxygens (including phenoxy) is 3. The maximum absolute atomic E-state index is 12.3. The monoisotopic (exact) mass is 586 g/mol. The van der Waals surface area contributed by atoms with Gasteiger partial charge in [-0.05, 0) is 60.7 Å². The summed E-state index contributed by atoms with van der Waals surface area (Å²) in [6.07, 6.45) is -3.18. The summed E-state index contributed by atoms with van der Waals surface area (Å²) in [6, 6.07) is 20.2. The molecule has 1 heterocycles. The molecule has 3 atom stereocenters. The minimum Gasteiger partial charge on any atom is -0.508 e. The van der Waals surface area contributed by atoms with Crippen LogP contribution in [-0.4, -0.2) is 49.1 Å². The molecule has 0 radical (unpaired) electrons. The van der Waals surface area contributed by atoms with Crippen LogP contribution in [0.3, 0.4) is 0 Å². The molecule has 0 spiro atoms. The van der Waals surface area contributed by atoms with Gasteiger partial charge in [0.1, 0.15) is 29.3 Å². The van der Waals surface area contributed by atoms with E-state index in [-0.39, 0.29) is 30.3 Å². The second-order valence-electron chi connectivity index (χ2n) is 11.0. The van der Waals surface area contributed by atoms with Gasteiger partial charge in [0.05, 0.1) is 13.2 Å². The number of carbonyl (C=O) groups is 1. The maximum Gasteiger partial charge on any atom is 0.389 e. The maximum atomic E-state index is 12.3. The summed E-state index contributed by atoms with van der Waals surface area (Å²) in [5.74, 6) is 1.16. The molecule has 3 aromatic rings. The van der Waals surface area contributed by atoms with E-state index >= 15 is 0 Å². The lowest BCUT2D eigenvalue weighted by Gasteiger charge is -2.43. The van der Waals surface area contributed by atoms with E-state index in [1.54, 1.807) is 24.3 Å². The number of aldehydes is 1. The highest BCUT2D eigenvalue weighted by molar-refractivity contribution is 5.54. The summed E-state index contributed by atoms with van der Waals surface area (Å²) in [6.45, 7) is 3.67. The molecular formula is C33H37F3O6. The van der Waals surface area contributed by atoms with Crippen molar-refractivity contribution in [2.75, 3.05) is 26.4 Å². The number of phenolic OH excluding ortho intramolecular Hbond substituents is 2. The predicted molar refractivity (Wildman–Crippen MR) is 152 cm³/mol. The van der Waals surface area contributed by atoms with Crippen LogP contribution < -0.4 is 9.47 Å². The van der Waals surface area contributed by atoms with E-state index in [4.69, 9.17) is 14.2 Å². The van der Waals surface area contributed by atoms with Gasteiger partial charge in [-0.25, -0.2) is 0 Å². The molecule has 0 saturated heterocycles. The Kier molecular flexibility index (Phi) is 10.4. The van der Waals surface area contributed by atoms with Gasteiger partial charge in [-0.2, -0.15) is 13.2 Å². The summed E-state index contributed by atoms with van der Waals surface area (Å²) >= 11 is 0. The van der Waals surface area contributed by atoms with Crippen molar-refractivity contribution < 1.29 is 42.4 Å². The molecular weight excluding hydrogens is 549 g/mol. The zero-order valence-electron chi connectivity index (χ0n) is 23.6. The molecule has 6 nitrogen and oxygen atoms in total. The average molecular weight is 587 g/mol. The molecule has 1 aliphatic heterocycles. The normalized spacial score (nSPS) is 19.0. The molecule has 0 fully saturated rings. The Morgan fingerprint density at radius 1 is 0.952 bits per heavy atom. The first kappa shape index (κ1) is 31.2. The Balaban J connectivity index is 1.31. The summed E-state index contributed by atoms with van der Waals surface area (Å²) in [4.78, 5) is 11.1. The van der Waals surface area contributed by atoms with Gasteiger partial charge >= 0.3 is 6.18 Å². The Bertz CT molecular complexity index is 1290. The van der Waals surface area contributed by atoms with E-state index in [2.05, 4.69) is 6.92 Å². The Hall–Kier alpha value is -3.72. The number of hydrogen-bond donors (Lipinski definition) is 2. The van der Waals surface area contributed by atoms with Crippen LogP contribution in [0, 0.1) is 5.92 Å². The molecule has 2 N–H and O–H groups in total. The lowest BCUT2D eigenvalue weighted by Crippen LogP contribution is -2.40. The zero-order chi connectivity index (χ0) is 30.2. The highest BCUT2D eigenvalue weighted by Crippen LogP contribution is 2.50. The van der Waals surface area contributed by atoms with Crippen molar-refractivity contribution in [3.63, 3.8) is 0 Å². The number of alkyl halides is 3. The third-order valence-corrected chi connectivity index (χ3v) is 7.78. The molecule has 9 heteroatoms. The molecule has 3 aromatic carbocycles. The van der Waals surface area contributed by atoms with Gasteiger partial charge in [-0.1, -0.05) is 37.3 Å². The lowest BCUT2D eigenvalue weighted by atomic mass is 9.65. The first-order valence-corrected chi connectivity index (χ1v) is 14.2. The fourth-order valence-electron chi connectivity index (χ4n) is 5.47. The van der Waals surface area contributed by atoms with Gasteiger partial charge in [-0.3, -0.25) is 0 Å². The number of phenols is 2. The second-order valence-corrected chi connectivity index (χ2v) is 11.0. The van der Waals surface area contributed by atoms with Crippen molar-refractivity contribution >= 4 is 6.29 Å². The average Bonchev–Trinajstić information content (AvgIpc) is 2.96. The number of rotatable bonds is 14. The largest absolute Gasteiger partial charge is 0.508 e. The van der Waals surface area contributed by atoms with Gasteiger partial charge in [-0.15, -0.1) is 0 Å². The molecule has 226 valence electrons. The summed E-state index contributed by atoms with van der Waals surface area (Å²) in [5.41, 5.74) is 2.58. The van der Waals surface area contributed by atoms with Gasteiger partial charge in [0.2, 0.25) is 0 Å². The molecule has 0 aromatic heterocycles. The number of benzene rings is 3. The number of aromatic hydroxyl groups is 2. The molecule has 4 rings (SSSR count). The topological polar surface area (TPSA) is 85.2 Å². The first-order valence-electron chi connectivity index (χ1n) is 14.2. The van der Waals surface area contributed by atoms with E-state index in [1.165, 1.54) is 0 Å². The van der Waals surface area contributed by atoms with Crippen LogP contribution in [0.2, 0.25) is 0 Å². The fraction of sp³-hybridized carbons (Fsp3) is 0.424. The number of halogens is 3. The SMILES string of the molecule is C[C@]1(c2ccc(O)cc2)COc2cc(O)ccc2C1c1ccc(OCCCOCC[C@@H](C=O)CCCC(F)(F)F)cc1. The summed E-state index contributed by atoms with van der Waals surface area (Å²) in [7, 11) is 0. The van der Waals surface area contributed by atoms with Gasteiger partial charge in [0.15, 0.2) is 0 Å². The summed E-state index contributed by atoms with van der Waals surface area (Å²) < 4.78 is 54.4. The van der Waals surface area contributed by atoms with Crippen molar-refractivity contribution in [2.24, 2.45) is 5.92 Å². The fourth-order valence-corrected chi connectivity index (χ4v) is 5.47. The summed E-state index contributed by atoms with van der Waals surface area (Å²) in [5, 5.41) is 19.8. The second kappa shape index (κ2) is 14.0. The van der Waals surface area contributed by atoms with Crippen molar-refractivity contribution in [3.8, 4) is 23.0 Å². The minimum atomic E-state index is -4.19. The predicted octanol–water partition coefficient (Wildman–Crippen LogP) is 7.30.